The first-order valence-corrected chi connectivity index (χ1v) is 8.08. The number of aromatic amines is 1. The van der Waals surface area contributed by atoms with Gasteiger partial charge in [0.25, 0.3) is 0 Å². The van der Waals surface area contributed by atoms with Crippen LogP contribution in [0.2, 0.25) is 0 Å². The number of aromatic nitrogens is 3. The molecule has 7 nitrogen and oxygen atoms in total. The second-order valence-electron chi connectivity index (χ2n) is 4.71. The van der Waals surface area contributed by atoms with Crippen molar-refractivity contribution in [2.24, 2.45) is 0 Å². The molecular weight excluding hydrogens is 292 g/mol. The Morgan fingerprint density at radius 2 is 2.19 bits per heavy atom. The molecule has 1 aromatic carbocycles. The molecule has 0 radical (unpaired) electrons. The SMILES string of the molecule is CCC(O)c1cccc(S(=O)(=O)NC(C)c2ncn[nH]2)c1. The van der Waals surface area contributed by atoms with Crippen LogP contribution in [0.25, 0.3) is 0 Å². The van der Waals surface area contributed by atoms with Crippen LogP contribution in [-0.4, -0.2) is 28.7 Å². The van der Waals surface area contributed by atoms with Crippen LogP contribution >= 0.6 is 0 Å². The van der Waals surface area contributed by atoms with E-state index in [0.717, 1.165) is 0 Å². The molecule has 8 heteroatoms. The van der Waals surface area contributed by atoms with Crippen molar-refractivity contribution in [2.45, 2.75) is 37.3 Å². The Morgan fingerprint density at radius 1 is 1.43 bits per heavy atom. The number of sulfonamides is 1. The summed E-state index contributed by atoms with van der Waals surface area (Å²) in [6, 6.07) is 5.75. The van der Waals surface area contributed by atoms with Gasteiger partial charge in [0, 0.05) is 0 Å². The average molecular weight is 310 g/mol. The second-order valence-corrected chi connectivity index (χ2v) is 6.42. The van der Waals surface area contributed by atoms with E-state index in [1.165, 1.54) is 18.5 Å². The molecule has 2 aromatic rings. The largest absolute Gasteiger partial charge is 0.388 e. The molecule has 0 aliphatic carbocycles. The Morgan fingerprint density at radius 3 is 2.81 bits per heavy atom. The molecule has 0 aliphatic rings. The van der Waals surface area contributed by atoms with Crippen LogP contribution in [0.3, 0.4) is 0 Å². The van der Waals surface area contributed by atoms with Crippen LogP contribution in [0, 0.1) is 0 Å². The summed E-state index contributed by atoms with van der Waals surface area (Å²) in [7, 11) is -3.70. The lowest BCUT2D eigenvalue weighted by atomic mass is 10.1. The zero-order valence-corrected chi connectivity index (χ0v) is 12.6. The van der Waals surface area contributed by atoms with Gasteiger partial charge in [-0.2, -0.15) is 5.10 Å². The van der Waals surface area contributed by atoms with Crippen molar-refractivity contribution < 1.29 is 13.5 Å². The molecule has 0 aliphatic heterocycles. The summed E-state index contributed by atoms with van der Waals surface area (Å²) in [5.74, 6) is 0.434. The maximum atomic E-state index is 12.3. The Labute approximate surface area is 123 Å². The third kappa shape index (κ3) is 3.66. The van der Waals surface area contributed by atoms with E-state index in [4.69, 9.17) is 0 Å². The molecule has 0 saturated heterocycles. The summed E-state index contributed by atoms with van der Waals surface area (Å²) in [6.07, 6.45) is 1.16. The average Bonchev–Trinajstić information content (AvgIpc) is 3.00. The first-order valence-electron chi connectivity index (χ1n) is 6.59. The number of aliphatic hydroxyl groups is 1. The number of nitrogens with zero attached hydrogens (tertiary/aromatic N) is 2. The Bertz CT molecular complexity index is 685. The van der Waals surface area contributed by atoms with Gasteiger partial charge in [0.05, 0.1) is 17.0 Å². The van der Waals surface area contributed by atoms with Crippen LogP contribution < -0.4 is 4.72 Å². The van der Waals surface area contributed by atoms with Crippen molar-refractivity contribution in [3.63, 3.8) is 0 Å². The second kappa shape index (κ2) is 6.33. The molecule has 0 saturated carbocycles. The normalized spacial score (nSPS) is 14.8. The van der Waals surface area contributed by atoms with Gasteiger partial charge in [-0.15, -0.1) is 0 Å². The van der Waals surface area contributed by atoms with E-state index in [0.29, 0.717) is 17.8 Å². The van der Waals surface area contributed by atoms with Crippen molar-refractivity contribution in [1.82, 2.24) is 19.9 Å². The van der Waals surface area contributed by atoms with Crippen LogP contribution in [0.4, 0.5) is 0 Å². The standard InChI is InChI=1S/C13H18N4O3S/c1-3-12(18)10-5-4-6-11(7-10)21(19,20)17-9(2)13-14-8-15-16-13/h4-9,12,17-18H,3H2,1-2H3,(H,14,15,16). The van der Waals surface area contributed by atoms with E-state index in [1.54, 1.807) is 19.1 Å². The Balaban J connectivity index is 2.23. The van der Waals surface area contributed by atoms with Crippen molar-refractivity contribution >= 4 is 10.0 Å². The predicted octanol–water partition coefficient (Wildman–Crippen LogP) is 1.29. The van der Waals surface area contributed by atoms with Crippen LogP contribution in [0.15, 0.2) is 35.5 Å². The minimum absolute atomic E-state index is 0.110. The first kappa shape index (κ1) is 15.6. The molecule has 0 spiro atoms. The highest BCUT2D eigenvalue weighted by molar-refractivity contribution is 7.89. The molecule has 2 unspecified atom stereocenters. The lowest BCUT2D eigenvalue weighted by Gasteiger charge is -2.14. The predicted molar refractivity (Wildman–Crippen MR) is 76.8 cm³/mol. The van der Waals surface area contributed by atoms with Gasteiger partial charge in [-0.05, 0) is 31.0 Å². The highest BCUT2D eigenvalue weighted by Crippen LogP contribution is 2.21. The van der Waals surface area contributed by atoms with Gasteiger partial charge in [-0.1, -0.05) is 19.1 Å². The molecule has 0 fully saturated rings. The van der Waals surface area contributed by atoms with Gasteiger partial charge in [0.2, 0.25) is 10.0 Å². The highest BCUT2D eigenvalue weighted by Gasteiger charge is 2.20. The van der Waals surface area contributed by atoms with Gasteiger partial charge >= 0.3 is 0 Å². The van der Waals surface area contributed by atoms with E-state index in [2.05, 4.69) is 19.9 Å². The van der Waals surface area contributed by atoms with E-state index in [9.17, 15) is 13.5 Å². The fourth-order valence-electron chi connectivity index (χ4n) is 1.90. The van der Waals surface area contributed by atoms with Gasteiger partial charge < -0.3 is 5.11 Å². The number of rotatable bonds is 6. The van der Waals surface area contributed by atoms with Crippen molar-refractivity contribution in [2.75, 3.05) is 0 Å². The number of hydrogen-bond acceptors (Lipinski definition) is 5. The summed E-state index contributed by atoms with van der Waals surface area (Å²) < 4.78 is 27.2. The molecule has 2 atom stereocenters. The van der Waals surface area contributed by atoms with Gasteiger partial charge in [-0.25, -0.2) is 18.1 Å². The maximum Gasteiger partial charge on any atom is 0.241 e. The fourth-order valence-corrected chi connectivity index (χ4v) is 3.17. The van der Waals surface area contributed by atoms with Gasteiger partial charge in [0.15, 0.2) is 0 Å². The van der Waals surface area contributed by atoms with Crippen LogP contribution in [-0.2, 0) is 10.0 Å². The molecule has 2 rings (SSSR count). The van der Waals surface area contributed by atoms with E-state index in [-0.39, 0.29) is 4.90 Å². The smallest absolute Gasteiger partial charge is 0.241 e. The summed E-state index contributed by atoms with van der Waals surface area (Å²) >= 11 is 0. The van der Waals surface area contributed by atoms with E-state index >= 15 is 0 Å². The van der Waals surface area contributed by atoms with Crippen LogP contribution in [0.5, 0.6) is 0 Å². The number of aliphatic hydroxyl groups excluding tert-OH is 1. The number of benzene rings is 1. The number of nitrogens with one attached hydrogen (secondary N) is 2. The van der Waals surface area contributed by atoms with Crippen molar-refractivity contribution in [3.05, 3.63) is 42.0 Å². The minimum Gasteiger partial charge on any atom is -0.388 e. The van der Waals surface area contributed by atoms with Crippen molar-refractivity contribution in [3.8, 4) is 0 Å². The molecular formula is C13H18N4O3S. The maximum absolute atomic E-state index is 12.3. The monoisotopic (exact) mass is 310 g/mol. The fraction of sp³-hybridized carbons (Fsp3) is 0.385. The zero-order chi connectivity index (χ0) is 15.5. The molecule has 3 N–H and O–H groups in total. The lowest BCUT2D eigenvalue weighted by Crippen LogP contribution is -2.27. The topological polar surface area (TPSA) is 108 Å². The number of H-pyrrole nitrogens is 1. The summed E-state index contributed by atoms with van der Waals surface area (Å²) in [6.45, 7) is 3.50. The molecule has 0 bridgehead atoms. The third-order valence-electron chi connectivity index (χ3n) is 3.12. The number of hydrogen-bond donors (Lipinski definition) is 3. The molecule has 0 amide bonds. The quantitative estimate of drug-likeness (QED) is 0.745. The van der Waals surface area contributed by atoms with Gasteiger partial charge in [0.1, 0.15) is 12.2 Å². The first-order chi connectivity index (χ1) is 9.94. The Hall–Kier alpha value is -1.77. The van der Waals surface area contributed by atoms with E-state index < -0.39 is 22.2 Å². The van der Waals surface area contributed by atoms with Crippen LogP contribution in [0.1, 0.15) is 43.8 Å². The highest BCUT2D eigenvalue weighted by atomic mass is 32.2. The molecule has 1 aromatic heterocycles. The molecule has 21 heavy (non-hydrogen) atoms. The summed E-state index contributed by atoms with van der Waals surface area (Å²) in [4.78, 5) is 4.03. The van der Waals surface area contributed by atoms with Crippen molar-refractivity contribution in [1.29, 1.82) is 0 Å². The van der Waals surface area contributed by atoms with Gasteiger partial charge in [-0.3, -0.25) is 5.10 Å². The Kier molecular flexibility index (Phi) is 4.71. The summed E-state index contributed by atoms with van der Waals surface area (Å²) in [5.41, 5.74) is 0.577. The van der Waals surface area contributed by atoms with E-state index in [1.807, 2.05) is 6.92 Å². The third-order valence-corrected chi connectivity index (χ3v) is 4.65. The lowest BCUT2D eigenvalue weighted by molar-refractivity contribution is 0.173. The summed E-state index contributed by atoms with van der Waals surface area (Å²) in [5, 5.41) is 16.1. The molecule has 1 heterocycles. The molecule has 114 valence electrons. The zero-order valence-electron chi connectivity index (χ0n) is 11.8. The minimum atomic E-state index is -3.70.